The van der Waals surface area contributed by atoms with Gasteiger partial charge in [-0.1, -0.05) is 0 Å². The normalized spacial score (nSPS) is 12.0. The third-order valence-electron chi connectivity index (χ3n) is 2.92. The number of benzene rings is 1. The Morgan fingerprint density at radius 1 is 1.56 bits per heavy atom. The minimum atomic E-state index is -0.403. The van der Waals surface area contributed by atoms with Crippen molar-refractivity contribution in [3.8, 4) is 0 Å². The van der Waals surface area contributed by atoms with E-state index in [1.807, 2.05) is 13.1 Å². The van der Waals surface area contributed by atoms with Crippen molar-refractivity contribution in [2.75, 3.05) is 36.8 Å². The molecule has 0 fully saturated rings. The van der Waals surface area contributed by atoms with E-state index in [2.05, 4.69) is 18.1 Å². The van der Waals surface area contributed by atoms with Crippen molar-refractivity contribution < 1.29 is 9.53 Å². The van der Waals surface area contributed by atoms with Gasteiger partial charge in [0.15, 0.2) is 0 Å². The summed E-state index contributed by atoms with van der Waals surface area (Å²) in [5.74, 6) is 0.620. The molecule has 1 atom stereocenters. The summed E-state index contributed by atoms with van der Waals surface area (Å²) in [5, 5.41) is 0. The van der Waals surface area contributed by atoms with Crippen LogP contribution in [0, 0.1) is 0 Å². The van der Waals surface area contributed by atoms with Gasteiger partial charge >= 0.3 is 5.97 Å². The molecule has 0 bridgehead atoms. The average molecular weight is 268 g/mol. The maximum Gasteiger partial charge on any atom is 0.340 e. The molecule has 5 heteroatoms. The molecule has 100 valence electrons. The second-order valence-corrected chi connectivity index (χ2v) is 5.09. The standard InChI is InChI=1S/C13H20N2O2S/c1-9(8-18-4)15(2)10-5-6-12(14)11(7-10)13(16)17-3/h5-7,9H,8,14H2,1-4H3. The molecule has 0 spiro atoms. The molecule has 1 unspecified atom stereocenters. The van der Waals surface area contributed by atoms with E-state index in [4.69, 9.17) is 10.5 Å². The molecule has 0 aliphatic rings. The predicted molar refractivity (Wildman–Crippen MR) is 78.4 cm³/mol. The quantitative estimate of drug-likeness (QED) is 0.655. The molecular weight excluding hydrogens is 248 g/mol. The zero-order valence-electron chi connectivity index (χ0n) is 11.3. The number of esters is 1. The van der Waals surface area contributed by atoms with E-state index in [1.54, 1.807) is 23.9 Å². The Hall–Kier alpha value is -1.36. The molecule has 0 amide bonds. The highest BCUT2D eigenvalue weighted by Crippen LogP contribution is 2.23. The van der Waals surface area contributed by atoms with Crippen LogP contribution in [0.15, 0.2) is 18.2 Å². The molecule has 0 radical (unpaired) electrons. The number of hydrogen-bond acceptors (Lipinski definition) is 5. The highest BCUT2D eigenvalue weighted by molar-refractivity contribution is 7.98. The number of nitrogens with two attached hydrogens (primary N) is 1. The van der Waals surface area contributed by atoms with Gasteiger partial charge in [-0.3, -0.25) is 0 Å². The summed E-state index contributed by atoms with van der Waals surface area (Å²) in [4.78, 5) is 13.7. The number of carbonyl (C=O) groups is 1. The Morgan fingerprint density at radius 3 is 2.78 bits per heavy atom. The molecule has 1 aromatic rings. The first-order chi connectivity index (χ1) is 8.51. The average Bonchev–Trinajstić information content (AvgIpc) is 2.38. The van der Waals surface area contributed by atoms with Crippen LogP contribution in [0.5, 0.6) is 0 Å². The molecule has 0 saturated carbocycles. The molecule has 2 N–H and O–H groups in total. The third-order valence-corrected chi connectivity index (χ3v) is 3.73. The van der Waals surface area contributed by atoms with E-state index < -0.39 is 5.97 Å². The summed E-state index contributed by atoms with van der Waals surface area (Å²) in [6, 6.07) is 5.81. The lowest BCUT2D eigenvalue weighted by molar-refractivity contribution is 0.0602. The van der Waals surface area contributed by atoms with Crippen LogP contribution in [-0.2, 0) is 4.74 Å². The smallest absolute Gasteiger partial charge is 0.340 e. The zero-order valence-corrected chi connectivity index (χ0v) is 12.1. The van der Waals surface area contributed by atoms with Crippen LogP contribution >= 0.6 is 11.8 Å². The van der Waals surface area contributed by atoms with Crippen LogP contribution in [0.2, 0.25) is 0 Å². The summed E-state index contributed by atoms with van der Waals surface area (Å²) >= 11 is 1.79. The number of thioether (sulfide) groups is 1. The predicted octanol–water partition coefficient (Wildman–Crippen LogP) is 2.24. The second-order valence-electron chi connectivity index (χ2n) is 4.18. The van der Waals surface area contributed by atoms with Crippen molar-refractivity contribution in [3.63, 3.8) is 0 Å². The molecule has 1 rings (SSSR count). The number of hydrogen-bond donors (Lipinski definition) is 1. The van der Waals surface area contributed by atoms with Crippen molar-refractivity contribution in [1.82, 2.24) is 0 Å². The van der Waals surface area contributed by atoms with Gasteiger partial charge in [0, 0.05) is 30.2 Å². The molecule has 0 saturated heterocycles. The van der Waals surface area contributed by atoms with Crippen LogP contribution in [0.3, 0.4) is 0 Å². The Bertz CT molecular complexity index is 423. The second kappa shape index (κ2) is 6.54. The number of rotatable bonds is 5. The lowest BCUT2D eigenvalue weighted by Crippen LogP contribution is -2.31. The first-order valence-electron chi connectivity index (χ1n) is 5.70. The summed E-state index contributed by atoms with van der Waals surface area (Å²) in [6.07, 6.45) is 2.08. The van der Waals surface area contributed by atoms with E-state index >= 15 is 0 Å². The molecule has 1 aromatic carbocycles. The summed E-state index contributed by atoms with van der Waals surface area (Å²) in [6.45, 7) is 2.14. The number of nitrogen functional groups attached to an aromatic ring is 1. The van der Waals surface area contributed by atoms with Crippen molar-refractivity contribution in [1.29, 1.82) is 0 Å². The van der Waals surface area contributed by atoms with Gasteiger partial charge < -0.3 is 15.4 Å². The Balaban J connectivity index is 3.00. The van der Waals surface area contributed by atoms with Crippen LogP contribution in [0.1, 0.15) is 17.3 Å². The SMILES string of the molecule is COC(=O)c1cc(N(C)C(C)CSC)ccc1N. The van der Waals surface area contributed by atoms with E-state index in [0.29, 0.717) is 17.3 Å². The van der Waals surface area contributed by atoms with Crippen LogP contribution < -0.4 is 10.6 Å². The van der Waals surface area contributed by atoms with Crippen molar-refractivity contribution in [2.24, 2.45) is 0 Å². The number of nitrogens with zero attached hydrogens (tertiary/aromatic N) is 1. The molecule has 4 nitrogen and oxygen atoms in total. The zero-order chi connectivity index (χ0) is 13.7. The maximum atomic E-state index is 11.6. The number of anilines is 2. The highest BCUT2D eigenvalue weighted by Gasteiger charge is 2.14. The van der Waals surface area contributed by atoms with E-state index in [-0.39, 0.29) is 0 Å². The first kappa shape index (κ1) is 14.7. The van der Waals surface area contributed by atoms with Crippen LogP contribution in [0.25, 0.3) is 0 Å². The maximum absolute atomic E-state index is 11.6. The molecule has 0 aliphatic heterocycles. The third kappa shape index (κ3) is 3.32. The van der Waals surface area contributed by atoms with E-state index in [1.165, 1.54) is 7.11 Å². The molecule has 0 heterocycles. The van der Waals surface area contributed by atoms with E-state index in [9.17, 15) is 4.79 Å². The van der Waals surface area contributed by atoms with Gasteiger partial charge in [-0.15, -0.1) is 0 Å². The van der Waals surface area contributed by atoms with Gasteiger partial charge in [0.25, 0.3) is 0 Å². The minimum Gasteiger partial charge on any atom is -0.465 e. The summed E-state index contributed by atoms with van der Waals surface area (Å²) < 4.78 is 4.72. The number of carbonyl (C=O) groups excluding carboxylic acids is 1. The van der Waals surface area contributed by atoms with Crippen LogP contribution in [0.4, 0.5) is 11.4 Å². The fraction of sp³-hybridized carbons (Fsp3) is 0.462. The topological polar surface area (TPSA) is 55.6 Å². The largest absolute Gasteiger partial charge is 0.465 e. The first-order valence-corrected chi connectivity index (χ1v) is 7.10. The fourth-order valence-corrected chi connectivity index (χ4v) is 2.36. The van der Waals surface area contributed by atoms with E-state index in [0.717, 1.165) is 11.4 Å². The number of ether oxygens (including phenoxy) is 1. The molecule has 0 aromatic heterocycles. The Kier molecular flexibility index (Phi) is 5.34. The van der Waals surface area contributed by atoms with Gasteiger partial charge in [0.2, 0.25) is 0 Å². The Morgan fingerprint density at radius 2 is 2.22 bits per heavy atom. The molecule has 0 aliphatic carbocycles. The van der Waals surface area contributed by atoms with Gasteiger partial charge in [-0.05, 0) is 31.4 Å². The van der Waals surface area contributed by atoms with Crippen molar-refractivity contribution in [2.45, 2.75) is 13.0 Å². The molecular formula is C13H20N2O2S. The Labute approximate surface area is 112 Å². The lowest BCUT2D eigenvalue weighted by atomic mass is 10.1. The molecule has 18 heavy (non-hydrogen) atoms. The van der Waals surface area contributed by atoms with Crippen molar-refractivity contribution in [3.05, 3.63) is 23.8 Å². The van der Waals surface area contributed by atoms with Crippen LogP contribution in [-0.4, -0.2) is 38.2 Å². The van der Waals surface area contributed by atoms with Gasteiger partial charge in [0.05, 0.1) is 12.7 Å². The number of methoxy groups -OCH3 is 1. The minimum absolute atomic E-state index is 0.383. The fourth-order valence-electron chi connectivity index (χ4n) is 1.66. The monoisotopic (exact) mass is 268 g/mol. The summed E-state index contributed by atoms with van der Waals surface area (Å²) in [5.41, 5.74) is 7.60. The van der Waals surface area contributed by atoms with Gasteiger partial charge in [-0.2, -0.15) is 11.8 Å². The summed E-state index contributed by atoms with van der Waals surface area (Å²) in [7, 11) is 3.36. The van der Waals surface area contributed by atoms with Crippen molar-refractivity contribution >= 4 is 29.1 Å². The lowest BCUT2D eigenvalue weighted by Gasteiger charge is -2.27. The van der Waals surface area contributed by atoms with Gasteiger partial charge in [-0.25, -0.2) is 4.79 Å². The van der Waals surface area contributed by atoms with Gasteiger partial charge in [0.1, 0.15) is 0 Å². The highest BCUT2D eigenvalue weighted by atomic mass is 32.2.